The first-order chi connectivity index (χ1) is 12.7. The molecule has 0 saturated carbocycles. The SMILES string of the molecule is Cc1ccc(COC(O)N2CCO[C@H](c3nc4ncccc4[nH]3)C2)cc1. The Morgan fingerprint density at radius 1 is 1.35 bits per heavy atom. The van der Waals surface area contributed by atoms with Crippen LogP contribution in [-0.4, -0.2) is 51.1 Å². The number of fused-ring (bicyclic) bond motifs is 1. The maximum atomic E-state index is 10.4. The van der Waals surface area contributed by atoms with Crippen molar-refractivity contribution in [3.8, 4) is 0 Å². The molecular weight excluding hydrogens is 332 g/mol. The van der Waals surface area contributed by atoms with E-state index in [1.807, 2.05) is 48.2 Å². The second-order valence-electron chi connectivity index (χ2n) is 6.47. The largest absolute Gasteiger partial charge is 0.368 e. The lowest BCUT2D eigenvalue weighted by Crippen LogP contribution is -2.46. The minimum Gasteiger partial charge on any atom is -0.368 e. The normalized spacial score (nSPS) is 19.7. The number of aromatic amines is 1. The van der Waals surface area contributed by atoms with Crippen molar-refractivity contribution in [1.29, 1.82) is 0 Å². The van der Waals surface area contributed by atoms with Gasteiger partial charge in [-0.3, -0.25) is 0 Å². The van der Waals surface area contributed by atoms with Gasteiger partial charge in [0.15, 0.2) is 5.65 Å². The predicted octanol–water partition coefficient (Wildman–Crippen LogP) is 2.13. The summed E-state index contributed by atoms with van der Waals surface area (Å²) >= 11 is 0. The molecule has 0 radical (unpaired) electrons. The molecule has 0 amide bonds. The summed E-state index contributed by atoms with van der Waals surface area (Å²) in [5, 5.41) is 10.4. The van der Waals surface area contributed by atoms with Crippen molar-refractivity contribution in [3.05, 3.63) is 59.5 Å². The first-order valence-electron chi connectivity index (χ1n) is 8.70. The molecule has 1 aromatic carbocycles. The van der Waals surface area contributed by atoms with E-state index in [2.05, 4.69) is 15.0 Å². The van der Waals surface area contributed by atoms with Crippen LogP contribution in [0, 0.1) is 6.92 Å². The number of hydrogen-bond donors (Lipinski definition) is 2. The van der Waals surface area contributed by atoms with E-state index in [0.29, 0.717) is 37.8 Å². The molecule has 26 heavy (non-hydrogen) atoms. The molecule has 2 N–H and O–H groups in total. The Morgan fingerprint density at radius 3 is 3.00 bits per heavy atom. The molecule has 0 bridgehead atoms. The van der Waals surface area contributed by atoms with Gasteiger partial charge < -0.3 is 19.6 Å². The highest BCUT2D eigenvalue weighted by Crippen LogP contribution is 2.23. The maximum Gasteiger partial charge on any atom is 0.216 e. The zero-order chi connectivity index (χ0) is 17.9. The minimum absolute atomic E-state index is 0.254. The van der Waals surface area contributed by atoms with Gasteiger partial charge in [-0.2, -0.15) is 0 Å². The van der Waals surface area contributed by atoms with Crippen LogP contribution in [0.4, 0.5) is 0 Å². The number of benzene rings is 1. The second kappa shape index (κ2) is 7.51. The average Bonchev–Trinajstić information content (AvgIpc) is 3.12. The molecule has 1 aliphatic rings. The van der Waals surface area contributed by atoms with Crippen molar-refractivity contribution >= 4 is 11.2 Å². The Bertz CT molecular complexity index is 832. The Balaban J connectivity index is 1.38. The van der Waals surface area contributed by atoms with Crippen LogP contribution < -0.4 is 0 Å². The van der Waals surface area contributed by atoms with Gasteiger partial charge in [0, 0.05) is 19.3 Å². The van der Waals surface area contributed by atoms with E-state index in [1.54, 1.807) is 6.20 Å². The number of hydrogen-bond acceptors (Lipinski definition) is 6. The Morgan fingerprint density at radius 2 is 2.19 bits per heavy atom. The van der Waals surface area contributed by atoms with E-state index in [1.165, 1.54) is 5.56 Å². The van der Waals surface area contributed by atoms with Crippen molar-refractivity contribution in [2.75, 3.05) is 19.7 Å². The molecule has 1 saturated heterocycles. The second-order valence-corrected chi connectivity index (χ2v) is 6.47. The lowest BCUT2D eigenvalue weighted by Gasteiger charge is -2.34. The van der Waals surface area contributed by atoms with Crippen molar-refractivity contribution < 1.29 is 14.6 Å². The molecule has 7 heteroatoms. The van der Waals surface area contributed by atoms with Gasteiger partial charge in [0.25, 0.3) is 0 Å². The fourth-order valence-corrected chi connectivity index (χ4v) is 3.01. The number of imidazole rings is 1. The average molecular weight is 354 g/mol. The fraction of sp³-hybridized carbons (Fsp3) is 0.368. The lowest BCUT2D eigenvalue weighted by molar-refractivity contribution is -0.224. The highest BCUT2D eigenvalue weighted by Gasteiger charge is 2.28. The van der Waals surface area contributed by atoms with E-state index < -0.39 is 6.41 Å². The van der Waals surface area contributed by atoms with E-state index in [-0.39, 0.29) is 6.10 Å². The molecule has 4 rings (SSSR count). The van der Waals surface area contributed by atoms with Gasteiger partial charge in [-0.05, 0) is 24.6 Å². The summed E-state index contributed by atoms with van der Waals surface area (Å²) < 4.78 is 11.5. The summed E-state index contributed by atoms with van der Waals surface area (Å²) in [4.78, 5) is 13.8. The minimum atomic E-state index is -0.981. The molecule has 136 valence electrons. The van der Waals surface area contributed by atoms with E-state index >= 15 is 0 Å². The third-order valence-corrected chi connectivity index (χ3v) is 4.51. The highest BCUT2D eigenvalue weighted by atomic mass is 16.6. The van der Waals surface area contributed by atoms with E-state index in [4.69, 9.17) is 9.47 Å². The van der Waals surface area contributed by atoms with Crippen LogP contribution in [0.15, 0.2) is 42.6 Å². The standard InChI is InChI=1S/C19H22N4O3/c1-13-4-6-14(7-5-13)12-26-19(24)23-9-10-25-16(11-23)18-21-15-3-2-8-20-17(15)22-18/h2-8,16,19,24H,9-12H2,1H3,(H,20,21,22)/t16-,19?/m0/s1. The molecule has 0 aliphatic carbocycles. The molecule has 2 aromatic heterocycles. The number of aliphatic hydroxyl groups is 1. The third-order valence-electron chi connectivity index (χ3n) is 4.51. The molecule has 2 atom stereocenters. The maximum absolute atomic E-state index is 10.4. The molecular formula is C19H22N4O3. The highest BCUT2D eigenvalue weighted by molar-refractivity contribution is 5.69. The van der Waals surface area contributed by atoms with Crippen LogP contribution in [0.5, 0.6) is 0 Å². The van der Waals surface area contributed by atoms with Crippen LogP contribution >= 0.6 is 0 Å². The van der Waals surface area contributed by atoms with Gasteiger partial charge >= 0.3 is 0 Å². The molecule has 1 fully saturated rings. The van der Waals surface area contributed by atoms with Crippen LogP contribution in [0.2, 0.25) is 0 Å². The molecule has 7 nitrogen and oxygen atoms in total. The van der Waals surface area contributed by atoms with Gasteiger partial charge in [0.05, 0.1) is 18.7 Å². The summed E-state index contributed by atoms with van der Waals surface area (Å²) in [6, 6.07) is 11.9. The monoisotopic (exact) mass is 354 g/mol. The first-order valence-corrected chi connectivity index (χ1v) is 8.70. The van der Waals surface area contributed by atoms with Crippen molar-refractivity contribution in [3.63, 3.8) is 0 Å². The smallest absolute Gasteiger partial charge is 0.216 e. The van der Waals surface area contributed by atoms with Gasteiger partial charge in [-0.25, -0.2) is 14.9 Å². The summed E-state index contributed by atoms with van der Waals surface area (Å²) in [6.45, 7) is 4.00. The number of aryl methyl sites for hydroxylation is 1. The first kappa shape index (κ1) is 17.1. The van der Waals surface area contributed by atoms with Gasteiger partial charge in [-0.15, -0.1) is 0 Å². The van der Waals surface area contributed by atoms with Gasteiger partial charge in [-0.1, -0.05) is 29.8 Å². The fourth-order valence-electron chi connectivity index (χ4n) is 3.01. The molecule has 1 aliphatic heterocycles. The number of rotatable bonds is 5. The molecule has 3 heterocycles. The Hall–Kier alpha value is -2.32. The summed E-state index contributed by atoms with van der Waals surface area (Å²) in [5.74, 6) is 0.717. The number of aromatic nitrogens is 3. The zero-order valence-electron chi connectivity index (χ0n) is 14.6. The van der Waals surface area contributed by atoms with Crippen LogP contribution in [-0.2, 0) is 16.1 Å². The molecule has 3 aromatic rings. The predicted molar refractivity (Wildman–Crippen MR) is 96.1 cm³/mol. The Labute approximate surface area is 151 Å². The van der Waals surface area contributed by atoms with Gasteiger partial charge in [0.1, 0.15) is 11.9 Å². The zero-order valence-corrected chi connectivity index (χ0v) is 14.6. The number of nitrogens with zero attached hydrogens (tertiary/aromatic N) is 3. The number of aliphatic hydroxyl groups excluding tert-OH is 1. The topological polar surface area (TPSA) is 83.5 Å². The number of morpholine rings is 1. The van der Waals surface area contributed by atoms with Crippen LogP contribution in [0.25, 0.3) is 11.2 Å². The number of ether oxygens (including phenoxy) is 2. The Kier molecular flexibility index (Phi) is 4.94. The van der Waals surface area contributed by atoms with Crippen molar-refractivity contribution in [1.82, 2.24) is 19.9 Å². The molecule has 0 spiro atoms. The summed E-state index contributed by atoms with van der Waals surface area (Å²) in [5.41, 5.74) is 3.77. The molecule has 1 unspecified atom stereocenters. The lowest BCUT2D eigenvalue weighted by atomic mass is 10.2. The van der Waals surface area contributed by atoms with Gasteiger partial charge in [0.2, 0.25) is 6.41 Å². The number of pyridine rings is 1. The van der Waals surface area contributed by atoms with Crippen LogP contribution in [0.3, 0.4) is 0 Å². The number of nitrogens with one attached hydrogen (secondary N) is 1. The van der Waals surface area contributed by atoms with Crippen LogP contribution in [0.1, 0.15) is 23.1 Å². The van der Waals surface area contributed by atoms with Crippen molar-refractivity contribution in [2.24, 2.45) is 0 Å². The van der Waals surface area contributed by atoms with E-state index in [9.17, 15) is 5.11 Å². The summed E-state index contributed by atoms with van der Waals surface area (Å²) in [6.07, 6.45) is 0.477. The number of H-pyrrole nitrogens is 1. The quantitative estimate of drug-likeness (QED) is 0.683. The summed E-state index contributed by atoms with van der Waals surface area (Å²) in [7, 11) is 0. The van der Waals surface area contributed by atoms with E-state index in [0.717, 1.165) is 11.1 Å². The van der Waals surface area contributed by atoms with Crippen molar-refractivity contribution in [2.45, 2.75) is 26.0 Å². The third kappa shape index (κ3) is 3.76.